The summed E-state index contributed by atoms with van der Waals surface area (Å²) in [4.78, 5) is 23.1. The quantitative estimate of drug-likeness (QED) is 0.786. The SMILES string of the molecule is CC(C)NCC(=O)c1ccc2c(c1)NC(=O)CO2. The average molecular weight is 248 g/mol. The molecule has 96 valence electrons. The molecule has 1 amide bonds. The largest absolute Gasteiger partial charge is 0.482 e. The molecule has 0 unspecified atom stereocenters. The van der Waals surface area contributed by atoms with Gasteiger partial charge in [0.05, 0.1) is 12.2 Å². The smallest absolute Gasteiger partial charge is 0.262 e. The van der Waals surface area contributed by atoms with Crippen molar-refractivity contribution < 1.29 is 14.3 Å². The van der Waals surface area contributed by atoms with Crippen LogP contribution in [0, 0.1) is 0 Å². The van der Waals surface area contributed by atoms with Crippen LogP contribution in [0.1, 0.15) is 24.2 Å². The van der Waals surface area contributed by atoms with Gasteiger partial charge >= 0.3 is 0 Å². The first-order valence-electron chi connectivity index (χ1n) is 5.89. The molecule has 5 heteroatoms. The van der Waals surface area contributed by atoms with Crippen molar-refractivity contribution in [3.05, 3.63) is 23.8 Å². The van der Waals surface area contributed by atoms with Gasteiger partial charge in [0.25, 0.3) is 5.91 Å². The molecule has 2 N–H and O–H groups in total. The Hall–Kier alpha value is -1.88. The van der Waals surface area contributed by atoms with Crippen LogP contribution in [0.15, 0.2) is 18.2 Å². The zero-order valence-corrected chi connectivity index (χ0v) is 10.4. The second-order valence-corrected chi connectivity index (χ2v) is 4.51. The second kappa shape index (κ2) is 5.18. The molecule has 18 heavy (non-hydrogen) atoms. The summed E-state index contributed by atoms with van der Waals surface area (Å²) in [7, 11) is 0. The van der Waals surface area contributed by atoms with Gasteiger partial charge < -0.3 is 15.4 Å². The van der Waals surface area contributed by atoms with Crippen molar-refractivity contribution in [1.29, 1.82) is 0 Å². The molecule has 1 aliphatic heterocycles. The minimum atomic E-state index is -0.201. The van der Waals surface area contributed by atoms with Gasteiger partial charge in [0, 0.05) is 11.6 Å². The standard InChI is InChI=1S/C13H16N2O3/c1-8(2)14-6-11(16)9-3-4-12-10(5-9)15-13(17)7-18-12/h3-5,8,14H,6-7H2,1-2H3,(H,15,17). The number of rotatable bonds is 4. The van der Waals surface area contributed by atoms with Crippen molar-refractivity contribution in [1.82, 2.24) is 5.32 Å². The van der Waals surface area contributed by atoms with Crippen LogP contribution in [-0.4, -0.2) is 30.9 Å². The molecule has 1 aromatic rings. The lowest BCUT2D eigenvalue weighted by Crippen LogP contribution is -2.29. The fourth-order valence-corrected chi connectivity index (χ4v) is 1.66. The summed E-state index contributed by atoms with van der Waals surface area (Å²) in [6.07, 6.45) is 0. The summed E-state index contributed by atoms with van der Waals surface area (Å²) in [5.74, 6) is 0.390. The molecule has 1 aromatic carbocycles. The number of amides is 1. The fraction of sp³-hybridized carbons (Fsp3) is 0.385. The Morgan fingerprint density at radius 2 is 2.28 bits per heavy atom. The number of carbonyl (C=O) groups excluding carboxylic acids is 2. The van der Waals surface area contributed by atoms with Crippen molar-refractivity contribution >= 4 is 17.4 Å². The molecule has 0 saturated carbocycles. The Balaban J connectivity index is 2.13. The van der Waals surface area contributed by atoms with E-state index in [1.165, 1.54) is 0 Å². The van der Waals surface area contributed by atoms with Crippen molar-refractivity contribution in [2.75, 3.05) is 18.5 Å². The Morgan fingerprint density at radius 3 is 3.00 bits per heavy atom. The van der Waals surface area contributed by atoms with E-state index in [1.807, 2.05) is 13.8 Å². The highest BCUT2D eigenvalue weighted by Crippen LogP contribution is 2.28. The van der Waals surface area contributed by atoms with Crippen LogP contribution in [0.25, 0.3) is 0 Å². The number of nitrogens with one attached hydrogen (secondary N) is 2. The van der Waals surface area contributed by atoms with Gasteiger partial charge in [0.1, 0.15) is 5.75 Å². The van der Waals surface area contributed by atoms with Gasteiger partial charge in [-0.1, -0.05) is 13.8 Å². The highest BCUT2D eigenvalue weighted by atomic mass is 16.5. The highest BCUT2D eigenvalue weighted by molar-refractivity contribution is 6.01. The molecule has 0 atom stereocenters. The number of ketones is 1. The van der Waals surface area contributed by atoms with E-state index in [2.05, 4.69) is 10.6 Å². The summed E-state index contributed by atoms with van der Waals surface area (Å²) in [6.45, 7) is 4.27. The summed E-state index contributed by atoms with van der Waals surface area (Å²) < 4.78 is 5.23. The predicted octanol–water partition coefficient (Wildman–Crippen LogP) is 1.20. The highest BCUT2D eigenvalue weighted by Gasteiger charge is 2.17. The Bertz CT molecular complexity index is 483. The molecule has 2 rings (SSSR count). The van der Waals surface area contributed by atoms with Crippen molar-refractivity contribution in [3.63, 3.8) is 0 Å². The van der Waals surface area contributed by atoms with E-state index < -0.39 is 0 Å². The third kappa shape index (κ3) is 2.87. The zero-order valence-electron chi connectivity index (χ0n) is 10.4. The molecule has 0 aliphatic carbocycles. The van der Waals surface area contributed by atoms with Crippen LogP contribution < -0.4 is 15.4 Å². The van der Waals surface area contributed by atoms with Crippen LogP contribution in [0.5, 0.6) is 5.75 Å². The molecular weight excluding hydrogens is 232 g/mol. The molecule has 0 radical (unpaired) electrons. The van der Waals surface area contributed by atoms with E-state index in [0.717, 1.165) is 0 Å². The topological polar surface area (TPSA) is 67.4 Å². The number of Topliss-reactive ketones (excluding diaryl/α,β-unsaturated/α-hetero) is 1. The number of carbonyl (C=O) groups is 2. The minimum absolute atomic E-state index is 0.00803. The van der Waals surface area contributed by atoms with Crippen LogP contribution in [0.3, 0.4) is 0 Å². The van der Waals surface area contributed by atoms with E-state index in [-0.39, 0.29) is 30.9 Å². The number of ether oxygens (including phenoxy) is 1. The molecule has 1 aliphatic rings. The van der Waals surface area contributed by atoms with Gasteiger partial charge in [-0.2, -0.15) is 0 Å². The summed E-state index contributed by atoms with van der Waals surface area (Å²) in [6, 6.07) is 5.32. The number of hydrogen-bond acceptors (Lipinski definition) is 4. The van der Waals surface area contributed by atoms with E-state index in [4.69, 9.17) is 4.74 Å². The van der Waals surface area contributed by atoms with Crippen LogP contribution >= 0.6 is 0 Å². The molecule has 0 bridgehead atoms. The van der Waals surface area contributed by atoms with Crippen LogP contribution in [-0.2, 0) is 4.79 Å². The van der Waals surface area contributed by atoms with E-state index >= 15 is 0 Å². The van der Waals surface area contributed by atoms with Gasteiger partial charge in [0.2, 0.25) is 0 Å². The van der Waals surface area contributed by atoms with E-state index in [1.54, 1.807) is 18.2 Å². The Kier molecular flexibility index (Phi) is 3.62. The second-order valence-electron chi connectivity index (χ2n) is 4.51. The number of fused-ring (bicyclic) bond motifs is 1. The third-order valence-corrected chi connectivity index (χ3v) is 2.61. The maximum atomic E-state index is 11.9. The maximum Gasteiger partial charge on any atom is 0.262 e. The van der Waals surface area contributed by atoms with Gasteiger partial charge in [-0.15, -0.1) is 0 Å². The number of benzene rings is 1. The number of hydrogen-bond donors (Lipinski definition) is 2. The fourth-order valence-electron chi connectivity index (χ4n) is 1.66. The average Bonchev–Trinajstić information content (AvgIpc) is 2.34. The summed E-state index contributed by atoms with van der Waals surface area (Å²) in [5, 5.41) is 5.75. The predicted molar refractivity (Wildman–Crippen MR) is 68.0 cm³/mol. The normalized spacial score (nSPS) is 13.8. The molecule has 0 aromatic heterocycles. The lowest BCUT2D eigenvalue weighted by molar-refractivity contribution is -0.118. The van der Waals surface area contributed by atoms with Crippen molar-refractivity contribution in [3.8, 4) is 5.75 Å². The van der Waals surface area contributed by atoms with E-state index in [9.17, 15) is 9.59 Å². The minimum Gasteiger partial charge on any atom is -0.482 e. The Labute approximate surface area is 106 Å². The van der Waals surface area contributed by atoms with Gasteiger partial charge in [-0.25, -0.2) is 0 Å². The lowest BCUT2D eigenvalue weighted by Gasteiger charge is -2.18. The van der Waals surface area contributed by atoms with Crippen molar-refractivity contribution in [2.24, 2.45) is 0 Å². The zero-order chi connectivity index (χ0) is 13.1. The molecule has 0 fully saturated rings. The van der Waals surface area contributed by atoms with Crippen LogP contribution in [0.4, 0.5) is 5.69 Å². The van der Waals surface area contributed by atoms with Gasteiger partial charge in [-0.05, 0) is 18.2 Å². The molecular formula is C13H16N2O3. The first kappa shape index (κ1) is 12.6. The number of anilines is 1. The monoisotopic (exact) mass is 248 g/mol. The molecule has 5 nitrogen and oxygen atoms in total. The van der Waals surface area contributed by atoms with Gasteiger partial charge in [0.15, 0.2) is 12.4 Å². The third-order valence-electron chi connectivity index (χ3n) is 2.61. The first-order valence-corrected chi connectivity index (χ1v) is 5.89. The Morgan fingerprint density at radius 1 is 1.50 bits per heavy atom. The van der Waals surface area contributed by atoms with Crippen molar-refractivity contribution in [2.45, 2.75) is 19.9 Å². The molecule has 0 spiro atoms. The van der Waals surface area contributed by atoms with Gasteiger partial charge in [-0.3, -0.25) is 9.59 Å². The molecule has 1 heterocycles. The van der Waals surface area contributed by atoms with E-state index in [0.29, 0.717) is 17.0 Å². The molecule has 0 saturated heterocycles. The summed E-state index contributed by atoms with van der Waals surface area (Å²) >= 11 is 0. The van der Waals surface area contributed by atoms with Crippen LogP contribution in [0.2, 0.25) is 0 Å². The first-order chi connectivity index (χ1) is 8.56. The lowest BCUT2D eigenvalue weighted by atomic mass is 10.1. The summed E-state index contributed by atoms with van der Waals surface area (Å²) in [5.41, 5.74) is 1.12. The maximum absolute atomic E-state index is 11.9.